The summed E-state index contributed by atoms with van der Waals surface area (Å²) in [5, 5.41) is 17.3. The second kappa shape index (κ2) is 5.08. The number of fused-ring (bicyclic) bond motifs is 2. The van der Waals surface area contributed by atoms with Gasteiger partial charge >= 0.3 is 0 Å². The Bertz CT molecular complexity index is 916. The van der Waals surface area contributed by atoms with Crippen molar-refractivity contribution in [2.75, 3.05) is 0 Å². The van der Waals surface area contributed by atoms with Crippen molar-refractivity contribution in [2.45, 2.75) is 25.8 Å². The van der Waals surface area contributed by atoms with Gasteiger partial charge in [-0.15, -0.1) is 0 Å². The summed E-state index contributed by atoms with van der Waals surface area (Å²) in [5.41, 5.74) is 3.61. The lowest BCUT2D eigenvalue weighted by molar-refractivity contribution is 0.0937. The van der Waals surface area contributed by atoms with Crippen molar-refractivity contribution in [2.24, 2.45) is 0 Å². The lowest BCUT2D eigenvalue weighted by Crippen LogP contribution is -2.27. The van der Waals surface area contributed by atoms with Crippen LogP contribution in [0.1, 0.15) is 39.6 Å². The van der Waals surface area contributed by atoms with E-state index in [1.165, 1.54) is 0 Å². The summed E-state index contributed by atoms with van der Waals surface area (Å²) in [4.78, 5) is 17.0. The fourth-order valence-electron chi connectivity index (χ4n) is 3.28. The molecule has 6 heteroatoms. The molecule has 23 heavy (non-hydrogen) atoms. The molecule has 2 N–H and O–H groups in total. The minimum Gasteiger partial charge on any atom is -0.508 e. The number of carbonyl (C=O) groups excluding carboxylic acids is 1. The zero-order valence-corrected chi connectivity index (χ0v) is 12.7. The highest BCUT2D eigenvalue weighted by Crippen LogP contribution is 2.36. The number of phenolic OH excluding ortho intramolecular Hbond substituents is 1. The lowest BCUT2D eigenvalue weighted by Gasteiger charge is -2.14. The molecular formula is C17H16N4O2. The molecule has 0 unspecified atom stereocenters. The number of nitrogens with zero attached hydrogens (tertiary/aromatic N) is 3. The van der Waals surface area contributed by atoms with E-state index in [-0.39, 0.29) is 11.9 Å². The predicted octanol–water partition coefficient (Wildman–Crippen LogP) is 2.16. The van der Waals surface area contributed by atoms with Crippen LogP contribution in [0.2, 0.25) is 0 Å². The summed E-state index contributed by atoms with van der Waals surface area (Å²) in [6, 6.07) is 7.12. The van der Waals surface area contributed by atoms with Crippen molar-refractivity contribution in [1.29, 1.82) is 0 Å². The van der Waals surface area contributed by atoms with E-state index in [0.717, 1.165) is 24.0 Å². The highest BCUT2D eigenvalue weighted by Gasteiger charge is 2.28. The Morgan fingerprint density at radius 1 is 1.39 bits per heavy atom. The van der Waals surface area contributed by atoms with Gasteiger partial charge in [0.2, 0.25) is 0 Å². The molecule has 1 amide bonds. The molecule has 0 aliphatic heterocycles. The number of aromatic nitrogens is 3. The van der Waals surface area contributed by atoms with Crippen LogP contribution in [0.3, 0.4) is 0 Å². The second-order valence-corrected chi connectivity index (χ2v) is 5.76. The van der Waals surface area contributed by atoms with Crippen LogP contribution in [0, 0.1) is 6.92 Å². The molecule has 0 radical (unpaired) electrons. The lowest BCUT2D eigenvalue weighted by atomic mass is 10.1. The van der Waals surface area contributed by atoms with Gasteiger partial charge in [0.05, 0.1) is 11.7 Å². The number of hydrogen-bond acceptors (Lipinski definition) is 4. The van der Waals surface area contributed by atoms with Crippen LogP contribution in [0.15, 0.2) is 36.7 Å². The summed E-state index contributed by atoms with van der Waals surface area (Å²) < 4.78 is 1.61. The van der Waals surface area contributed by atoms with E-state index < -0.39 is 0 Å². The number of hydrogen-bond donors (Lipinski definition) is 2. The summed E-state index contributed by atoms with van der Waals surface area (Å²) in [5.74, 6) is 0.116. The summed E-state index contributed by atoms with van der Waals surface area (Å²) >= 11 is 0. The topological polar surface area (TPSA) is 79.5 Å². The molecule has 4 rings (SSSR count). The molecule has 1 aliphatic carbocycles. The number of benzene rings is 1. The average Bonchev–Trinajstić information content (AvgIpc) is 3.08. The van der Waals surface area contributed by atoms with Crippen LogP contribution in [0.5, 0.6) is 5.75 Å². The maximum absolute atomic E-state index is 12.7. The van der Waals surface area contributed by atoms with Gasteiger partial charge in [-0.1, -0.05) is 12.1 Å². The summed E-state index contributed by atoms with van der Waals surface area (Å²) in [6.45, 7) is 1.80. The van der Waals surface area contributed by atoms with E-state index >= 15 is 0 Å². The van der Waals surface area contributed by atoms with E-state index in [1.54, 1.807) is 42.0 Å². The van der Waals surface area contributed by atoms with Gasteiger partial charge in [0.15, 0.2) is 5.65 Å². The molecule has 1 aliphatic rings. The maximum Gasteiger partial charge on any atom is 0.257 e. The van der Waals surface area contributed by atoms with Gasteiger partial charge in [0, 0.05) is 12.4 Å². The Morgan fingerprint density at radius 2 is 2.26 bits per heavy atom. The number of nitrogens with one attached hydrogen (secondary N) is 1. The fourth-order valence-corrected chi connectivity index (χ4v) is 3.28. The van der Waals surface area contributed by atoms with E-state index in [1.807, 2.05) is 6.07 Å². The molecule has 6 nitrogen and oxygen atoms in total. The van der Waals surface area contributed by atoms with E-state index in [4.69, 9.17) is 0 Å². The standard InChI is InChI=1S/C17H16N4O2/c1-10-15(16-18-8-3-9-21(16)20-10)17(23)19-13-7-6-12-11(13)4-2-5-14(12)22/h2-5,8-9,13,22H,6-7H2,1H3,(H,19,23)/t13-/m0/s1. The number of phenols is 1. The molecular weight excluding hydrogens is 292 g/mol. The molecule has 2 aromatic heterocycles. The molecule has 116 valence electrons. The number of aryl methyl sites for hydroxylation is 1. The van der Waals surface area contributed by atoms with Gasteiger partial charge in [0.25, 0.3) is 5.91 Å². The van der Waals surface area contributed by atoms with Crippen molar-refractivity contribution < 1.29 is 9.90 Å². The third-order valence-electron chi connectivity index (χ3n) is 4.35. The van der Waals surface area contributed by atoms with Gasteiger partial charge in [-0.2, -0.15) is 5.10 Å². The van der Waals surface area contributed by atoms with Crippen molar-refractivity contribution in [3.05, 3.63) is 59.0 Å². The van der Waals surface area contributed by atoms with Crippen LogP contribution in [-0.4, -0.2) is 25.6 Å². The van der Waals surface area contributed by atoms with Gasteiger partial charge in [0.1, 0.15) is 11.3 Å². The Balaban J connectivity index is 1.67. The van der Waals surface area contributed by atoms with Crippen molar-refractivity contribution >= 4 is 11.6 Å². The first-order valence-corrected chi connectivity index (χ1v) is 7.56. The Kier molecular flexibility index (Phi) is 3.04. The third-order valence-corrected chi connectivity index (χ3v) is 4.35. The van der Waals surface area contributed by atoms with Crippen LogP contribution in [0.25, 0.3) is 5.65 Å². The van der Waals surface area contributed by atoms with Gasteiger partial charge in [-0.05, 0) is 43.0 Å². The molecule has 2 heterocycles. The number of aromatic hydroxyl groups is 1. The quantitative estimate of drug-likeness (QED) is 0.760. The SMILES string of the molecule is Cc1nn2cccnc2c1C(=O)N[C@H]1CCc2c(O)cccc21. The minimum absolute atomic E-state index is 0.0948. The fraction of sp³-hybridized carbons (Fsp3) is 0.235. The van der Waals surface area contributed by atoms with Gasteiger partial charge in [-0.25, -0.2) is 9.50 Å². The Labute approximate surface area is 132 Å². The molecule has 0 bridgehead atoms. The van der Waals surface area contributed by atoms with Crippen LogP contribution >= 0.6 is 0 Å². The molecule has 1 aromatic carbocycles. The summed E-state index contributed by atoms with van der Waals surface area (Å²) in [7, 11) is 0. The highest BCUT2D eigenvalue weighted by atomic mass is 16.3. The highest BCUT2D eigenvalue weighted by molar-refractivity contribution is 6.01. The van der Waals surface area contributed by atoms with Crippen LogP contribution < -0.4 is 5.32 Å². The average molecular weight is 308 g/mol. The largest absolute Gasteiger partial charge is 0.508 e. The van der Waals surface area contributed by atoms with E-state index in [2.05, 4.69) is 15.4 Å². The molecule has 0 spiro atoms. The number of rotatable bonds is 2. The number of carbonyl (C=O) groups is 1. The zero-order chi connectivity index (χ0) is 16.0. The Morgan fingerprint density at radius 3 is 3.13 bits per heavy atom. The second-order valence-electron chi connectivity index (χ2n) is 5.76. The van der Waals surface area contributed by atoms with Crippen LogP contribution in [-0.2, 0) is 6.42 Å². The summed E-state index contributed by atoms with van der Waals surface area (Å²) in [6.07, 6.45) is 4.97. The van der Waals surface area contributed by atoms with Crippen molar-refractivity contribution in [1.82, 2.24) is 19.9 Å². The van der Waals surface area contributed by atoms with Crippen LogP contribution in [0.4, 0.5) is 0 Å². The first-order chi connectivity index (χ1) is 11.1. The Hall–Kier alpha value is -2.89. The molecule has 0 saturated carbocycles. The molecule has 1 atom stereocenters. The van der Waals surface area contributed by atoms with E-state index in [9.17, 15) is 9.90 Å². The number of amides is 1. The molecule has 0 saturated heterocycles. The first kappa shape index (κ1) is 13.8. The zero-order valence-electron chi connectivity index (χ0n) is 12.7. The maximum atomic E-state index is 12.7. The monoisotopic (exact) mass is 308 g/mol. The van der Waals surface area contributed by atoms with E-state index in [0.29, 0.717) is 22.7 Å². The normalized spacial score (nSPS) is 16.5. The predicted molar refractivity (Wildman–Crippen MR) is 84.4 cm³/mol. The third kappa shape index (κ3) is 2.14. The molecule has 3 aromatic rings. The van der Waals surface area contributed by atoms with Gasteiger partial charge in [-0.3, -0.25) is 4.79 Å². The first-order valence-electron chi connectivity index (χ1n) is 7.56. The van der Waals surface area contributed by atoms with Crippen molar-refractivity contribution in [3.63, 3.8) is 0 Å². The smallest absolute Gasteiger partial charge is 0.257 e. The molecule has 0 fully saturated rings. The van der Waals surface area contributed by atoms with Crippen molar-refractivity contribution in [3.8, 4) is 5.75 Å². The van der Waals surface area contributed by atoms with Gasteiger partial charge < -0.3 is 10.4 Å². The minimum atomic E-state index is -0.183.